The third kappa shape index (κ3) is 4.00. The van der Waals surface area contributed by atoms with Crippen molar-refractivity contribution in [2.24, 2.45) is 0 Å². The number of hydrogen-bond acceptors (Lipinski definition) is 4. The first-order valence-electron chi connectivity index (χ1n) is 8.09. The fourth-order valence-electron chi connectivity index (χ4n) is 3.17. The molecule has 1 unspecified atom stereocenters. The van der Waals surface area contributed by atoms with Gasteiger partial charge in [-0.05, 0) is 30.2 Å². The van der Waals surface area contributed by atoms with Gasteiger partial charge in [0.2, 0.25) is 0 Å². The fourth-order valence-corrected chi connectivity index (χ4v) is 3.33. The van der Waals surface area contributed by atoms with Crippen molar-refractivity contribution >= 4 is 35.6 Å². The summed E-state index contributed by atoms with van der Waals surface area (Å²) in [5.74, 6) is 1.50. The van der Waals surface area contributed by atoms with E-state index < -0.39 is 0 Å². The maximum Gasteiger partial charge on any atom is 0.257 e. The molecular weight excluding hydrogens is 375 g/mol. The molecule has 5 nitrogen and oxygen atoms in total. The number of nitrogens with zero attached hydrogens (tertiary/aromatic N) is 1. The van der Waals surface area contributed by atoms with Crippen molar-refractivity contribution in [3.63, 3.8) is 0 Å². The minimum absolute atomic E-state index is 0. The lowest BCUT2D eigenvalue weighted by Gasteiger charge is -2.19. The molecule has 3 rings (SSSR count). The number of anilines is 1. The first-order chi connectivity index (χ1) is 12.0. The molecule has 140 valence electrons. The number of nitrogen functional groups attached to an aromatic ring is 1. The van der Waals surface area contributed by atoms with Crippen LogP contribution in [0.15, 0.2) is 36.4 Å². The van der Waals surface area contributed by atoms with Gasteiger partial charge in [-0.1, -0.05) is 23.7 Å². The van der Waals surface area contributed by atoms with Crippen molar-refractivity contribution in [1.82, 2.24) is 4.90 Å². The number of hydrogen-bond donors (Lipinski definition) is 1. The van der Waals surface area contributed by atoms with Gasteiger partial charge in [0.25, 0.3) is 5.91 Å². The van der Waals surface area contributed by atoms with Crippen LogP contribution in [0.5, 0.6) is 11.5 Å². The molecule has 7 heteroatoms. The standard InChI is InChI=1S/C19H21ClN2O3.ClH/c1-24-14-5-3-12(4-6-14)13-7-8-22(11-13)19(23)15-9-16(20)17(21)10-18(15)25-2;/h3-6,9-10,13H,7-8,11,21H2,1-2H3;1H. The lowest BCUT2D eigenvalue weighted by Crippen LogP contribution is -2.29. The number of carbonyl (C=O) groups is 1. The average molecular weight is 397 g/mol. The maximum atomic E-state index is 12.9. The number of nitrogens with two attached hydrogens (primary N) is 1. The van der Waals surface area contributed by atoms with Gasteiger partial charge in [0.15, 0.2) is 0 Å². The Kier molecular flexibility index (Phi) is 6.62. The van der Waals surface area contributed by atoms with Crippen LogP contribution in [0.4, 0.5) is 5.69 Å². The van der Waals surface area contributed by atoms with E-state index in [1.165, 1.54) is 12.7 Å². The van der Waals surface area contributed by atoms with Crippen LogP contribution < -0.4 is 15.2 Å². The zero-order valence-corrected chi connectivity index (χ0v) is 16.3. The predicted molar refractivity (Wildman–Crippen MR) is 106 cm³/mol. The minimum Gasteiger partial charge on any atom is -0.497 e. The summed E-state index contributed by atoms with van der Waals surface area (Å²) in [5, 5.41) is 0.357. The van der Waals surface area contributed by atoms with Crippen LogP contribution in [0.3, 0.4) is 0 Å². The molecule has 1 amide bonds. The smallest absolute Gasteiger partial charge is 0.257 e. The van der Waals surface area contributed by atoms with E-state index in [1.54, 1.807) is 19.2 Å². The Labute approximate surface area is 164 Å². The maximum absolute atomic E-state index is 12.9. The summed E-state index contributed by atoms with van der Waals surface area (Å²) in [6.45, 7) is 1.36. The molecule has 1 fully saturated rings. The quantitative estimate of drug-likeness (QED) is 0.793. The van der Waals surface area contributed by atoms with E-state index in [4.69, 9.17) is 26.8 Å². The van der Waals surface area contributed by atoms with E-state index in [9.17, 15) is 4.79 Å². The summed E-state index contributed by atoms with van der Waals surface area (Å²) in [6.07, 6.45) is 0.920. The van der Waals surface area contributed by atoms with Crippen LogP contribution in [0.1, 0.15) is 28.3 Å². The average Bonchev–Trinajstić information content (AvgIpc) is 3.13. The van der Waals surface area contributed by atoms with Crippen LogP contribution in [-0.4, -0.2) is 38.1 Å². The van der Waals surface area contributed by atoms with Gasteiger partial charge in [-0.3, -0.25) is 4.79 Å². The first kappa shape index (κ1) is 20.2. The Morgan fingerprint density at radius 3 is 2.50 bits per heavy atom. The summed E-state index contributed by atoms with van der Waals surface area (Å²) in [5.41, 5.74) is 7.84. The topological polar surface area (TPSA) is 64.8 Å². The lowest BCUT2D eigenvalue weighted by molar-refractivity contribution is 0.0787. The summed E-state index contributed by atoms with van der Waals surface area (Å²) in [7, 11) is 3.17. The summed E-state index contributed by atoms with van der Waals surface area (Å²) >= 11 is 6.08. The van der Waals surface area contributed by atoms with Crippen LogP contribution >= 0.6 is 24.0 Å². The predicted octanol–water partition coefficient (Wildman–Crippen LogP) is 3.99. The summed E-state index contributed by atoms with van der Waals surface area (Å²) in [6, 6.07) is 11.2. The number of amides is 1. The molecule has 1 aliphatic rings. The van der Waals surface area contributed by atoms with Gasteiger partial charge in [-0.2, -0.15) is 0 Å². The number of rotatable bonds is 4. The van der Waals surface area contributed by atoms with E-state index in [0.29, 0.717) is 41.0 Å². The van der Waals surface area contributed by atoms with Gasteiger partial charge >= 0.3 is 0 Å². The molecule has 0 aromatic heterocycles. The Balaban J connectivity index is 0.00000243. The molecule has 2 aromatic rings. The molecule has 0 aliphatic carbocycles. The highest BCUT2D eigenvalue weighted by Crippen LogP contribution is 2.33. The first-order valence-corrected chi connectivity index (χ1v) is 8.47. The number of halogens is 2. The van der Waals surface area contributed by atoms with Crippen molar-refractivity contribution in [3.8, 4) is 11.5 Å². The second kappa shape index (κ2) is 8.52. The van der Waals surface area contributed by atoms with Gasteiger partial charge in [0.1, 0.15) is 11.5 Å². The molecule has 1 aliphatic heterocycles. The SMILES string of the molecule is COc1ccc(C2CCN(C(=O)c3cc(Cl)c(N)cc3OC)C2)cc1.Cl. The zero-order chi connectivity index (χ0) is 18.0. The Bertz CT molecular complexity index is 781. The molecular formula is C19H22Cl2N2O3. The van der Waals surface area contributed by atoms with Gasteiger partial charge in [-0.15, -0.1) is 12.4 Å². The molecule has 26 heavy (non-hydrogen) atoms. The minimum atomic E-state index is -0.0882. The molecule has 2 aromatic carbocycles. The Hall–Kier alpha value is -2.11. The number of carbonyl (C=O) groups excluding carboxylic acids is 1. The van der Waals surface area contributed by atoms with Crippen LogP contribution in [-0.2, 0) is 0 Å². The van der Waals surface area contributed by atoms with E-state index in [-0.39, 0.29) is 18.3 Å². The van der Waals surface area contributed by atoms with E-state index in [1.807, 2.05) is 17.0 Å². The zero-order valence-electron chi connectivity index (χ0n) is 14.7. The summed E-state index contributed by atoms with van der Waals surface area (Å²) in [4.78, 5) is 14.7. The highest BCUT2D eigenvalue weighted by Gasteiger charge is 2.29. The van der Waals surface area contributed by atoms with Gasteiger partial charge < -0.3 is 20.1 Å². The molecule has 0 spiro atoms. The van der Waals surface area contributed by atoms with Gasteiger partial charge in [0, 0.05) is 25.1 Å². The summed E-state index contributed by atoms with van der Waals surface area (Å²) < 4.78 is 10.5. The normalized spacial score (nSPS) is 16.1. The van der Waals surface area contributed by atoms with Crippen LogP contribution in [0, 0.1) is 0 Å². The highest BCUT2D eigenvalue weighted by molar-refractivity contribution is 6.33. The third-order valence-electron chi connectivity index (χ3n) is 4.61. The Morgan fingerprint density at radius 2 is 1.88 bits per heavy atom. The van der Waals surface area contributed by atoms with Crippen molar-refractivity contribution < 1.29 is 14.3 Å². The number of benzene rings is 2. The van der Waals surface area contributed by atoms with E-state index in [2.05, 4.69) is 12.1 Å². The molecule has 1 atom stereocenters. The van der Waals surface area contributed by atoms with E-state index >= 15 is 0 Å². The lowest BCUT2D eigenvalue weighted by atomic mass is 9.98. The molecule has 0 bridgehead atoms. The Morgan fingerprint density at radius 1 is 1.19 bits per heavy atom. The van der Waals surface area contributed by atoms with Crippen LogP contribution in [0.25, 0.3) is 0 Å². The van der Waals surface area contributed by atoms with Crippen molar-refractivity contribution in [3.05, 3.63) is 52.5 Å². The number of ether oxygens (including phenoxy) is 2. The molecule has 1 saturated heterocycles. The fraction of sp³-hybridized carbons (Fsp3) is 0.316. The molecule has 1 heterocycles. The molecule has 0 saturated carbocycles. The highest BCUT2D eigenvalue weighted by atomic mass is 35.5. The van der Waals surface area contributed by atoms with Crippen molar-refractivity contribution in [2.45, 2.75) is 12.3 Å². The van der Waals surface area contributed by atoms with Gasteiger partial charge in [-0.25, -0.2) is 0 Å². The third-order valence-corrected chi connectivity index (χ3v) is 4.94. The molecule has 2 N–H and O–H groups in total. The number of likely N-dealkylation sites (tertiary alicyclic amines) is 1. The largest absolute Gasteiger partial charge is 0.497 e. The number of methoxy groups -OCH3 is 2. The molecule has 0 radical (unpaired) electrons. The van der Waals surface area contributed by atoms with Gasteiger partial charge in [0.05, 0.1) is 30.5 Å². The van der Waals surface area contributed by atoms with E-state index in [0.717, 1.165) is 12.2 Å². The van der Waals surface area contributed by atoms with Crippen molar-refractivity contribution in [2.75, 3.05) is 33.0 Å². The van der Waals surface area contributed by atoms with Crippen molar-refractivity contribution in [1.29, 1.82) is 0 Å². The second-order valence-electron chi connectivity index (χ2n) is 6.08. The second-order valence-corrected chi connectivity index (χ2v) is 6.49. The monoisotopic (exact) mass is 396 g/mol. The van der Waals surface area contributed by atoms with Crippen LogP contribution in [0.2, 0.25) is 5.02 Å².